The number of carbonyl (C=O) groups excluding carboxylic acids is 2. The summed E-state index contributed by atoms with van der Waals surface area (Å²) >= 11 is 0. The predicted octanol–water partition coefficient (Wildman–Crippen LogP) is 3.63. The van der Waals surface area contributed by atoms with Crippen molar-refractivity contribution in [3.05, 3.63) is 58.4 Å². The second-order valence-corrected chi connectivity index (χ2v) is 8.06. The summed E-state index contributed by atoms with van der Waals surface area (Å²) in [6.07, 6.45) is 0. The fraction of sp³-hybridized carbons (Fsp3) is 0.478. The zero-order valence-electron chi connectivity index (χ0n) is 17.7. The molecule has 5 nitrogen and oxygen atoms in total. The Kier molecular flexibility index (Phi) is 6.04. The Hall–Kier alpha value is -2.40. The normalized spacial score (nSPS) is 15.3. The molecule has 2 aromatic rings. The highest BCUT2D eigenvalue weighted by Gasteiger charge is 2.25. The molecule has 1 saturated heterocycles. The summed E-state index contributed by atoms with van der Waals surface area (Å²) in [4.78, 5) is 29.7. The van der Waals surface area contributed by atoms with E-state index in [1.54, 1.807) is 0 Å². The topological polar surface area (TPSA) is 45.6 Å². The van der Waals surface area contributed by atoms with Crippen molar-refractivity contribution >= 4 is 11.7 Å². The predicted molar refractivity (Wildman–Crippen MR) is 112 cm³/mol. The molecule has 1 aromatic carbocycles. The van der Waals surface area contributed by atoms with Gasteiger partial charge in [0.25, 0.3) is 5.91 Å². The van der Waals surface area contributed by atoms with Crippen LogP contribution < -0.4 is 0 Å². The summed E-state index contributed by atoms with van der Waals surface area (Å²) in [5, 5.41) is 0. The van der Waals surface area contributed by atoms with Crippen LogP contribution in [0.4, 0.5) is 0 Å². The molecule has 0 saturated carbocycles. The smallest absolute Gasteiger partial charge is 0.254 e. The third-order valence-corrected chi connectivity index (χ3v) is 5.70. The standard InChI is InChI=1S/C23H31N3O2/c1-16(2)26-18(4)14-21(19(26)5)22(27)15-24-10-12-25(13-11-24)23(28)20-9-7-6-8-17(20)3/h6-9,14,16H,10-13,15H2,1-5H3. The van der Waals surface area contributed by atoms with Gasteiger partial charge in [-0.3, -0.25) is 14.5 Å². The van der Waals surface area contributed by atoms with Gasteiger partial charge < -0.3 is 9.47 Å². The lowest BCUT2D eigenvalue weighted by Gasteiger charge is -2.34. The van der Waals surface area contributed by atoms with Gasteiger partial charge in [-0.05, 0) is 52.3 Å². The van der Waals surface area contributed by atoms with E-state index in [0.29, 0.717) is 25.7 Å². The first kappa shape index (κ1) is 20.3. The number of hydrogen-bond acceptors (Lipinski definition) is 3. The number of amides is 1. The summed E-state index contributed by atoms with van der Waals surface area (Å²) in [5.74, 6) is 0.253. The highest BCUT2D eigenvalue weighted by molar-refractivity contribution is 5.99. The lowest BCUT2D eigenvalue weighted by Crippen LogP contribution is -2.50. The molecular weight excluding hydrogens is 350 g/mol. The molecule has 0 spiro atoms. The van der Waals surface area contributed by atoms with Crippen LogP contribution in [0.5, 0.6) is 0 Å². The number of carbonyl (C=O) groups is 2. The first-order valence-corrected chi connectivity index (χ1v) is 10.1. The molecule has 2 heterocycles. The Bertz CT molecular complexity index is 874. The average Bonchev–Trinajstić information content (AvgIpc) is 2.96. The van der Waals surface area contributed by atoms with E-state index >= 15 is 0 Å². The number of nitrogens with zero attached hydrogens (tertiary/aromatic N) is 3. The van der Waals surface area contributed by atoms with Crippen LogP contribution in [-0.4, -0.2) is 58.8 Å². The third kappa shape index (κ3) is 4.04. The molecule has 1 aliphatic heterocycles. The molecule has 0 bridgehead atoms. The van der Waals surface area contributed by atoms with Gasteiger partial charge in [-0.1, -0.05) is 18.2 Å². The highest BCUT2D eigenvalue weighted by atomic mass is 16.2. The number of hydrogen-bond donors (Lipinski definition) is 0. The number of piperazine rings is 1. The van der Waals surface area contributed by atoms with Crippen molar-refractivity contribution in [2.45, 2.75) is 40.7 Å². The van der Waals surface area contributed by atoms with Crippen LogP contribution in [0.2, 0.25) is 0 Å². The molecule has 0 aliphatic carbocycles. The largest absolute Gasteiger partial charge is 0.346 e. The summed E-state index contributed by atoms with van der Waals surface area (Å²) in [7, 11) is 0. The molecule has 0 unspecified atom stereocenters. The Balaban J connectivity index is 1.60. The molecule has 150 valence electrons. The van der Waals surface area contributed by atoms with Gasteiger partial charge in [-0.25, -0.2) is 0 Å². The van der Waals surface area contributed by atoms with Crippen molar-refractivity contribution < 1.29 is 9.59 Å². The molecule has 0 radical (unpaired) electrons. The molecule has 1 amide bonds. The van der Waals surface area contributed by atoms with Gasteiger partial charge in [0, 0.05) is 54.7 Å². The summed E-state index contributed by atoms with van der Waals surface area (Å²) in [6, 6.07) is 10.1. The van der Waals surface area contributed by atoms with Crippen LogP contribution in [0.1, 0.15) is 57.6 Å². The van der Waals surface area contributed by atoms with Crippen LogP contribution >= 0.6 is 0 Å². The van der Waals surface area contributed by atoms with Gasteiger partial charge in [0.15, 0.2) is 5.78 Å². The van der Waals surface area contributed by atoms with E-state index in [2.05, 4.69) is 30.2 Å². The van der Waals surface area contributed by atoms with E-state index in [-0.39, 0.29) is 11.7 Å². The maximum absolute atomic E-state index is 12.9. The maximum Gasteiger partial charge on any atom is 0.254 e. The lowest BCUT2D eigenvalue weighted by atomic mass is 10.1. The molecular formula is C23H31N3O2. The maximum atomic E-state index is 12.9. The number of rotatable bonds is 5. The van der Waals surface area contributed by atoms with Crippen molar-refractivity contribution in [1.29, 1.82) is 0 Å². The van der Waals surface area contributed by atoms with Crippen LogP contribution in [0, 0.1) is 20.8 Å². The van der Waals surface area contributed by atoms with Crippen LogP contribution in [0.15, 0.2) is 30.3 Å². The van der Waals surface area contributed by atoms with E-state index in [1.807, 2.05) is 49.1 Å². The Morgan fingerprint density at radius 3 is 2.18 bits per heavy atom. The third-order valence-electron chi connectivity index (χ3n) is 5.70. The number of aromatic nitrogens is 1. The van der Waals surface area contributed by atoms with Gasteiger partial charge in [0.05, 0.1) is 6.54 Å². The van der Waals surface area contributed by atoms with Crippen molar-refractivity contribution in [2.24, 2.45) is 0 Å². The first-order chi connectivity index (χ1) is 13.3. The Morgan fingerprint density at radius 1 is 0.964 bits per heavy atom. The zero-order chi connectivity index (χ0) is 20.4. The fourth-order valence-electron chi connectivity index (χ4n) is 4.23. The van der Waals surface area contributed by atoms with E-state index < -0.39 is 0 Å². The number of aryl methyl sites for hydroxylation is 2. The fourth-order valence-corrected chi connectivity index (χ4v) is 4.23. The van der Waals surface area contributed by atoms with Crippen LogP contribution in [0.25, 0.3) is 0 Å². The minimum absolute atomic E-state index is 0.0876. The first-order valence-electron chi connectivity index (χ1n) is 10.1. The average molecular weight is 382 g/mol. The molecule has 5 heteroatoms. The molecule has 28 heavy (non-hydrogen) atoms. The van der Waals surface area contributed by atoms with Gasteiger partial charge in [0.1, 0.15) is 0 Å². The highest BCUT2D eigenvalue weighted by Crippen LogP contribution is 2.21. The summed E-state index contributed by atoms with van der Waals surface area (Å²) in [5.41, 5.74) is 4.78. The Labute approximate surface area is 167 Å². The molecule has 0 atom stereocenters. The second kappa shape index (κ2) is 8.31. The van der Waals surface area contributed by atoms with Gasteiger partial charge in [-0.2, -0.15) is 0 Å². The molecule has 1 fully saturated rings. The molecule has 3 rings (SSSR count). The monoisotopic (exact) mass is 381 g/mol. The number of Topliss-reactive ketones (excluding diaryl/α,β-unsaturated/α-hetero) is 1. The van der Waals surface area contributed by atoms with E-state index in [0.717, 1.165) is 41.2 Å². The van der Waals surface area contributed by atoms with Gasteiger partial charge in [-0.15, -0.1) is 0 Å². The number of benzene rings is 1. The van der Waals surface area contributed by atoms with Crippen LogP contribution in [-0.2, 0) is 0 Å². The van der Waals surface area contributed by atoms with E-state index in [1.165, 1.54) is 0 Å². The summed E-state index contributed by atoms with van der Waals surface area (Å²) < 4.78 is 2.21. The van der Waals surface area contributed by atoms with Crippen molar-refractivity contribution in [3.63, 3.8) is 0 Å². The minimum Gasteiger partial charge on any atom is -0.346 e. The quantitative estimate of drug-likeness (QED) is 0.743. The van der Waals surface area contributed by atoms with Gasteiger partial charge >= 0.3 is 0 Å². The molecule has 1 aliphatic rings. The van der Waals surface area contributed by atoms with Crippen molar-refractivity contribution in [3.8, 4) is 0 Å². The zero-order valence-corrected chi connectivity index (χ0v) is 17.7. The van der Waals surface area contributed by atoms with E-state index in [9.17, 15) is 9.59 Å². The second-order valence-electron chi connectivity index (χ2n) is 8.06. The lowest BCUT2D eigenvalue weighted by molar-refractivity contribution is 0.0623. The SMILES string of the molecule is Cc1ccccc1C(=O)N1CCN(CC(=O)c2cc(C)n(C(C)C)c2C)CC1. The number of ketones is 1. The molecule has 0 N–H and O–H groups in total. The summed E-state index contributed by atoms with van der Waals surface area (Å²) in [6.45, 7) is 13.5. The van der Waals surface area contributed by atoms with Crippen molar-refractivity contribution in [2.75, 3.05) is 32.7 Å². The minimum atomic E-state index is 0.0876. The Morgan fingerprint density at radius 2 is 1.61 bits per heavy atom. The van der Waals surface area contributed by atoms with Crippen molar-refractivity contribution in [1.82, 2.24) is 14.4 Å². The van der Waals surface area contributed by atoms with Crippen LogP contribution in [0.3, 0.4) is 0 Å². The molecule has 1 aromatic heterocycles. The van der Waals surface area contributed by atoms with E-state index in [4.69, 9.17) is 0 Å². The van der Waals surface area contributed by atoms with Gasteiger partial charge in [0.2, 0.25) is 0 Å².